The molecule has 34 heavy (non-hydrogen) atoms. The molecule has 2 N–H and O–H groups in total. The van der Waals surface area contributed by atoms with Crippen LogP contribution in [0.15, 0.2) is 42.6 Å². The molecule has 2 atom stereocenters. The first-order valence-corrected chi connectivity index (χ1v) is 12.3. The summed E-state index contributed by atoms with van der Waals surface area (Å²) in [6, 6.07) is 11.7. The van der Waals surface area contributed by atoms with E-state index in [4.69, 9.17) is 4.74 Å². The zero-order chi connectivity index (χ0) is 24.2. The molecule has 3 aromatic rings. The Balaban J connectivity index is 1.64. The number of ether oxygens (including phenoxy) is 1. The van der Waals surface area contributed by atoms with Crippen molar-refractivity contribution in [3.63, 3.8) is 0 Å². The molecule has 0 spiro atoms. The molecule has 1 aliphatic heterocycles. The van der Waals surface area contributed by atoms with Gasteiger partial charge in [-0.3, -0.25) is 4.90 Å². The molecule has 0 saturated carbocycles. The fraction of sp³-hybridized carbons (Fsp3) is 0.464. The van der Waals surface area contributed by atoms with Crippen LogP contribution in [-0.2, 0) is 19.4 Å². The summed E-state index contributed by atoms with van der Waals surface area (Å²) >= 11 is 0. The van der Waals surface area contributed by atoms with Crippen molar-refractivity contribution in [2.24, 2.45) is 5.92 Å². The highest BCUT2D eigenvalue weighted by molar-refractivity contribution is 5.88. The predicted molar refractivity (Wildman–Crippen MR) is 135 cm³/mol. The van der Waals surface area contributed by atoms with Gasteiger partial charge in [-0.15, -0.1) is 0 Å². The summed E-state index contributed by atoms with van der Waals surface area (Å²) in [6.45, 7) is 7.21. The van der Waals surface area contributed by atoms with Gasteiger partial charge in [0, 0.05) is 43.2 Å². The average Bonchev–Trinajstić information content (AvgIpc) is 3.48. The highest BCUT2D eigenvalue weighted by atomic mass is 16.5. The fourth-order valence-corrected chi connectivity index (χ4v) is 5.18. The largest absolute Gasteiger partial charge is 0.496 e. The van der Waals surface area contributed by atoms with Gasteiger partial charge in [-0.05, 0) is 72.6 Å². The number of aromatic carboxylic acids is 1. The maximum Gasteiger partial charge on any atom is 0.335 e. The Morgan fingerprint density at radius 2 is 1.88 bits per heavy atom. The molecule has 0 aliphatic carbocycles. The molecule has 1 aliphatic rings. The van der Waals surface area contributed by atoms with Crippen molar-refractivity contribution in [1.82, 2.24) is 9.47 Å². The highest BCUT2D eigenvalue weighted by Gasteiger charge is 2.25. The maximum absolute atomic E-state index is 11.4. The number of aliphatic hydroxyl groups excluding tert-OH is 1. The number of methoxy groups -OCH3 is 1. The van der Waals surface area contributed by atoms with Gasteiger partial charge in [-0.1, -0.05) is 26.0 Å². The van der Waals surface area contributed by atoms with E-state index in [0.29, 0.717) is 12.2 Å². The van der Waals surface area contributed by atoms with Crippen LogP contribution in [0.25, 0.3) is 10.9 Å². The minimum Gasteiger partial charge on any atom is -0.496 e. The second kappa shape index (κ2) is 10.6. The third kappa shape index (κ3) is 5.13. The van der Waals surface area contributed by atoms with Crippen LogP contribution in [-0.4, -0.2) is 52.1 Å². The van der Waals surface area contributed by atoms with E-state index in [0.717, 1.165) is 38.0 Å². The zero-order valence-electron chi connectivity index (χ0n) is 20.5. The average molecular weight is 465 g/mol. The van der Waals surface area contributed by atoms with Gasteiger partial charge in [-0.25, -0.2) is 4.79 Å². The number of hydrogen-bond acceptors (Lipinski definition) is 4. The lowest BCUT2D eigenvalue weighted by Gasteiger charge is -2.28. The summed E-state index contributed by atoms with van der Waals surface area (Å²) in [7, 11) is 1.58. The van der Waals surface area contributed by atoms with E-state index in [1.807, 2.05) is 6.07 Å². The molecule has 2 unspecified atom stereocenters. The molecular formula is C28H36N2O4. The molecule has 0 radical (unpaired) electrons. The highest BCUT2D eigenvalue weighted by Crippen LogP contribution is 2.30. The smallest absolute Gasteiger partial charge is 0.335 e. The first-order valence-electron chi connectivity index (χ1n) is 12.3. The van der Waals surface area contributed by atoms with Gasteiger partial charge in [-0.2, -0.15) is 0 Å². The lowest BCUT2D eigenvalue weighted by Crippen LogP contribution is -2.38. The Kier molecular flexibility index (Phi) is 7.59. The molecular weight excluding hydrogens is 428 g/mol. The van der Waals surface area contributed by atoms with Crippen molar-refractivity contribution in [3.8, 4) is 5.75 Å². The Bertz CT molecular complexity index is 1150. The number of carboxylic acids is 1. The van der Waals surface area contributed by atoms with Crippen LogP contribution in [0.1, 0.15) is 60.2 Å². The van der Waals surface area contributed by atoms with Gasteiger partial charge in [0.1, 0.15) is 12.0 Å². The minimum absolute atomic E-state index is 0.153. The lowest BCUT2D eigenvalue weighted by molar-refractivity contribution is -0.0206. The molecule has 1 aromatic heterocycles. The van der Waals surface area contributed by atoms with E-state index in [9.17, 15) is 15.0 Å². The van der Waals surface area contributed by atoms with E-state index in [2.05, 4.69) is 47.7 Å². The molecule has 0 bridgehead atoms. The fourth-order valence-electron chi connectivity index (χ4n) is 5.18. The van der Waals surface area contributed by atoms with Crippen LogP contribution in [0.2, 0.25) is 0 Å². The van der Waals surface area contributed by atoms with Gasteiger partial charge in [0.2, 0.25) is 0 Å². The SMILES string of the molecule is CCCn1cc(Cc2ccc(C(=O)O)cc2OC)c2cc(CC(C)C(O)N3CCCC3)ccc21. The number of fused-ring (bicyclic) bond motifs is 1. The van der Waals surface area contributed by atoms with Gasteiger partial charge in [0.15, 0.2) is 0 Å². The van der Waals surface area contributed by atoms with E-state index < -0.39 is 12.2 Å². The number of carboxylic acid groups (broad SMARTS) is 1. The molecule has 2 heterocycles. The van der Waals surface area contributed by atoms with Crippen molar-refractivity contribution < 1.29 is 19.7 Å². The third-order valence-electron chi connectivity index (χ3n) is 6.99. The maximum atomic E-state index is 11.4. The first-order chi connectivity index (χ1) is 16.4. The molecule has 6 heteroatoms. The Labute approximate surface area is 201 Å². The van der Waals surface area contributed by atoms with Gasteiger partial charge >= 0.3 is 5.97 Å². The number of benzene rings is 2. The molecule has 182 valence electrons. The molecule has 4 rings (SSSR count). The number of carbonyl (C=O) groups is 1. The monoisotopic (exact) mass is 464 g/mol. The summed E-state index contributed by atoms with van der Waals surface area (Å²) in [4.78, 5) is 13.6. The third-order valence-corrected chi connectivity index (χ3v) is 6.99. The molecule has 0 amide bonds. The quantitative estimate of drug-likeness (QED) is 0.444. The Hall–Kier alpha value is -2.83. The number of hydrogen-bond donors (Lipinski definition) is 2. The van der Waals surface area contributed by atoms with Crippen LogP contribution in [0.3, 0.4) is 0 Å². The van der Waals surface area contributed by atoms with Crippen molar-refractivity contribution >= 4 is 16.9 Å². The zero-order valence-corrected chi connectivity index (χ0v) is 20.5. The van der Waals surface area contributed by atoms with Crippen LogP contribution in [0, 0.1) is 5.92 Å². The van der Waals surface area contributed by atoms with E-state index in [-0.39, 0.29) is 11.5 Å². The summed E-state index contributed by atoms with van der Waals surface area (Å²) < 4.78 is 7.82. The second-order valence-corrected chi connectivity index (χ2v) is 9.55. The first kappa shape index (κ1) is 24.3. The minimum atomic E-state index is -0.959. The number of aryl methyl sites for hydroxylation is 1. The molecule has 2 aromatic carbocycles. The van der Waals surface area contributed by atoms with Gasteiger partial charge in [0.05, 0.1) is 12.7 Å². The summed E-state index contributed by atoms with van der Waals surface area (Å²) in [5.74, 6) is -0.213. The Morgan fingerprint density at radius 3 is 2.56 bits per heavy atom. The van der Waals surface area contributed by atoms with Crippen LogP contribution in [0.4, 0.5) is 0 Å². The number of aromatic nitrogens is 1. The van der Waals surface area contributed by atoms with E-state index >= 15 is 0 Å². The van der Waals surface area contributed by atoms with E-state index in [1.54, 1.807) is 19.2 Å². The van der Waals surface area contributed by atoms with Crippen molar-refractivity contribution in [2.45, 2.75) is 58.7 Å². The van der Waals surface area contributed by atoms with Crippen LogP contribution >= 0.6 is 0 Å². The number of rotatable bonds is 10. The van der Waals surface area contributed by atoms with Gasteiger partial charge < -0.3 is 19.5 Å². The van der Waals surface area contributed by atoms with Gasteiger partial charge in [0.25, 0.3) is 0 Å². The summed E-state index contributed by atoms with van der Waals surface area (Å²) in [6.07, 6.45) is 6.67. The number of likely N-dealkylation sites (tertiary alicyclic amines) is 1. The van der Waals surface area contributed by atoms with Crippen molar-refractivity contribution in [3.05, 3.63) is 64.8 Å². The second-order valence-electron chi connectivity index (χ2n) is 9.55. The van der Waals surface area contributed by atoms with Crippen LogP contribution < -0.4 is 4.74 Å². The molecule has 1 saturated heterocycles. The standard InChI is InChI=1S/C28H36N2O4/c1-4-11-30-18-23(16-21-8-9-22(28(32)33)17-26(21)34-3)24-15-20(7-10-25(24)30)14-19(2)27(31)29-12-5-6-13-29/h7-10,15,17-19,27,31H,4-6,11-14,16H2,1-3H3,(H,32,33). The van der Waals surface area contributed by atoms with Crippen molar-refractivity contribution in [2.75, 3.05) is 20.2 Å². The Morgan fingerprint density at radius 1 is 1.12 bits per heavy atom. The number of aliphatic hydroxyl groups is 1. The topological polar surface area (TPSA) is 74.9 Å². The van der Waals surface area contributed by atoms with Crippen molar-refractivity contribution in [1.29, 1.82) is 0 Å². The van der Waals surface area contributed by atoms with Crippen LogP contribution in [0.5, 0.6) is 5.75 Å². The van der Waals surface area contributed by atoms with E-state index in [1.165, 1.54) is 34.9 Å². The summed E-state index contributed by atoms with van der Waals surface area (Å²) in [5, 5.41) is 21.3. The number of nitrogens with zero attached hydrogens (tertiary/aromatic N) is 2. The normalized spacial score (nSPS) is 16.1. The molecule has 1 fully saturated rings. The predicted octanol–water partition coefficient (Wildman–Crippen LogP) is 4.94. The lowest BCUT2D eigenvalue weighted by atomic mass is 9.96. The summed E-state index contributed by atoms with van der Waals surface area (Å²) in [5.41, 5.74) is 4.81. The molecule has 6 nitrogen and oxygen atoms in total.